The van der Waals surface area contributed by atoms with Crippen LogP contribution in [0.5, 0.6) is 0 Å². The van der Waals surface area contributed by atoms with Crippen molar-refractivity contribution in [3.63, 3.8) is 0 Å². The largest absolute Gasteiger partial charge is 0.282 e. The zero-order valence-corrected chi connectivity index (χ0v) is 14.7. The van der Waals surface area contributed by atoms with Crippen molar-refractivity contribution in [3.05, 3.63) is 65.6 Å². The Balaban J connectivity index is 2.17. The predicted octanol–water partition coefficient (Wildman–Crippen LogP) is 3.89. The fraction of sp³-hybridized carbons (Fsp3) is 0.111. The van der Waals surface area contributed by atoms with E-state index in [-0.39, 0.29) is 11.3 Å². The van der Waals surface area contributed by atoms with Crippen LogP contribution in [-0.2, 0) is 9.84 Å². The maximum Gasteiger partial charge on any atom is 0.282 e. The molecule has 0 bridgehead atoms. The molecule has 9 heteroatoms. The first-order valence-corrected chi connectivity index (χ1v) is 9.48. The van der Waals surface area contributed by atoms with Gasteiger partial charge in [0, 0.05) is 11.8 Å². The van der Waals surface area contributed by atoms with Crippen LogP contribution in [0, 0.1) is 17.1 Å². The number of hydrogen-bond donors (Lipinski definition) is 0. The summed E-state index contributed by atoms with van der Waals surface area (Å²) in [6, 6.07) is 12.5. The molecule has 0 aliphatic carbocycles. The summed E-state index contributed by atoms with van der Waals surface area (Å²) in [7, 11) is -3.76. The quantitative estimate of drug-likeness (QED) is 0.676. The van der Waals surface area contributed by atoms with Gasteiger partial charge in [-0.1, -0.05) is 6.07 Å². The lowest BCUT2D eigenvalue weighted by atomic mass is 10.1. The Morgan fingerprint density at radius 2 is 1.78 bits per heavy atom. The number of benzene rings is 2. The summed E-state index contributed by atoms with van der Waals surface area (Å²) >= 11 is 0. The van der Waals surface area contributed by atoms with Gasteiger partial charge in [-0.15, -0.1) is 0 Å². The number of aromatic nitrogens is 2. The molecule has 0 unspecified atom stereocenters. The van der Waals surface area contributed by atoms with Crippen LogP contribution >= 0.6 is 0 Å². The molecule has 0 saturated carbocycles. The molecule has 1 heterocycles. The molecule has 138 valence electrons. The lowest BCUT2D eigenvalue weighted by molar-refractivity contribution is 0.145. The van der Waals surface area contributed by atoms with E-state index in [4.69, 9.17) is 5.26 Å². The highest BCUT2D eigenvalue weighted by Crippen LogP contribution is 2.30. The molecular formula is C18H12F3N3O2S. The van der Waals surface area contributed by atoms with Gasteiger partial charge in [0.2, 0.25) is 0 Å². The van der Waals surface area contributed by atoms with Crippen molar-refractivity contribution in [1.82, 2.24) is 9.78 Å². The normalized spacial score (nSPS) is 11.6. The average Bonchev–Trinajstić information content (AvgIpc) is 3.06. The number of halogens is 3. The van der Waals surface area contributed by atoms with Crippen LogP contribution in [0.25, 0.3) is 16.9 Å². The first-order valence-electron chi connectivity index (χ1n) is 7.59. The zero-order chi connectivity index (χ0) is 19.8. The highest BCUT2D eigenvalue weighted by Gasteiger charge is 2.20. The highest BCUT2D eigenvalue weighted by atomic mass is 32.2. The first-order chi connectivity index (χ1) is 12.7. The molecule has 2 aromatic carbocycles. The van der Waals surface area contributed by atoms with Crippen LogP contribution < -0.4 is 0 Å². The minimum absolute atomic E-state index is 0.161. The van der Waals surface area contributed by atoms with Crippen LogP contribution in [0.1, 0.15) is 17.7 Å². The molecule has 0 saturated heterocycles. The van der Waals surface area contributed by atoms with E-state index in [0.29, 0.717) is 11.3 Å². The number of sulfone groups is 1. The second-order valence-electron chi connectivity index (χ2n) is 5.74. The number of nitrogens with zero attached hydrogens (tertiary/aromatic N) is 3. The third-order valence-electron chi connectivity index (χ3n) is 3.82. The molecule has 27 heavy (non-hydrogen) atoms. The molecule has 0 aliphatic rings. The van der Waals surface area contributed by atoms with Gasteiger partial charge < -0.3 is 0 Å². The first kappa shape index (κ1) is 18.7. The van der Waals surface area contributed by atoms with E-state index >= 15 is 0 Å². The van der Waals surface area contributed by atoms with Crippen LogP contribution in [0.3, 0.4) is 0 Å². The summed E-state index contributed by atoms with van der Waals surface area (Å²) in [6.45, 7) is 0. The molecule has 0 spiro atoms. The van der Waals surface area contributed by atoms with E-state index in [9.17, 15) is 21.6 Å². The van der Waals surface area contributed by atoms with Crippen LogP contribution in [-0.4, -0.2) is 24.5 Å². The summed E-state index contributed by atoms with van der Waals surface area (Å²) in [5.41, 5.74) is 0.605. The van der Waals surface area contributed by atoms with E-state index in [1.807, 2.05) is 6.07 Å². The molecule has 0 radical (unpaired) electrons. The maximum atomic E-state index is 14.2. The minimum atomic E-state index is -3.76. The molecule has 0 N–H and O–H groups in total. The highest BCUT2D eigenvalue weighted by molar-refractivity contribution is 7.90. The van der Waals surface area contributed by atoms with Gasteiger partial charge in [-0.25, -0.2) is 26.3 Å². The Bertz CT molecular complexity index is 1150. The van der Waals surface area contributed by atoms with Gasteiger partial charge in [0.05, 0.1) is 23.0 Å². The summed E-state index contributed by atoms with van der Waals surface area (Å²) < 4.78 is 64.8. The fourth-order valence-electron chi connectivity index (χ4n) is 2.55. The van der Waals surface area contributed by atoms with Crippen molar-refractivity contribution in [2.45, 2.75) is 11.3 Å². The van der Waals surface area contributed by atoms with Crippen molar-refractivity contribution in [3.8, 4) is 23.0 Å². The van der Waals surface area contributed by atoms with Gasteiger partial charge in [-0.3, -0.25) is 0 Å². The van der Waals surface area contributed by atoms with Crippen LogP contribution in [0.4, 0.5) is 13.2 Å². The Morgan fingerprint density at radius 1 is 1.11 bits per heavy atom. The third kappa shape index (κ3) is 3.71. The van der Waals surface area contributed by atoms with E-state index in [1.54, 1.807) is 0 Å². The van der Waals surface area contributed by atoms with Gasteiger partial charge >= 0.3 is 0 Å². The van der Waals surface area contributed by atoms with Gasteiger partial charge in [-0.2, -0.15) is 10.4 Å². The molecule has 3 aromatic rings. The van der Waals surface area contributed by atoms with Crippen LogP contribution in [0.2, 0.25) is 0 Å². The monoisotopic (exact) mass is 391 g/mol. The Kier molecular flexibility index (Phi) is 4.76. The van der Waals surface area contributed by atoms with E-state index in [1.165, 1.54) is 35.0 Å². The number of nitriles is 1. The van der Waals surface area contributed by atoms with Gasteiger partial charge in [0.15, 0.2) is 9.84 Å². The van der Waals surface area contributed by atoms with Gasteiger partial charge in [0.1, 0.15) is 16.4 Å². The molecule has 0 aliphatic heterocycles. The van der Waals surface area contributed by atoms with Gasteiger partial charge in [0.25, 0.3) is 6.43 Å². The minimum Gasteiger partial charge on any atom is -0.233 e. The summed E-state index contributed by atoms with van der Waals surface area (Å²) in [5.74, 6) is -0.985. The van der Waals surface area contributed by atoms with E-state index in [0.717, 1.165) is 24.5 Å². The molecule has 5 nitrogen and oxygen atoms in total. The smallest absolute Gasteiger partial charge is 0.233 e. The second kappa shape index (κ2) is 6.89. The lowest BCUT2D eigenvalue weighted by Crippen LogP contribution is -2.03. The van der Waals surface area contributed by atoms with Gasteiger partial charge in [-0.05, 0) is 42.5 Å². The van der Waals surface area contributed by atoms with Crippen molar-refractivity contribution < 1.29 is 21.6 Å². The third-order valence-corrected chi connectivity index (χ3v) is 4.95. The second-order valence-corrected chi connectivity index (χ2v) is 7.73. The van der Waals surface area contributed by atoms with Crippen LogP contribution in [0.15, 0.2) is 53.4 Å². The average molecular weight is 391 g/mol. The topological polar surface area (TPSA) is 75.8 Å². The zero-order valence-electron chi connectivity index (χ0n) is 13.9. The Morgan fingerprint density at radius 3 is 2.30 bits per heavy atom. The summed E-state index contributed by atoms with van der Waals surface area (Å²) in [6.07, 6.45) is -1.97. The molecule has 3 rings (SSSR count). The number of hydrogen-bond acceptors (Lipinski definition) is 4. The molecule has 0 amide bonds. The predicted molar refractivity (Wildman–Crippen MR) is 91.7 cm³/mol. The lowest BCUT2D eigenvalue weighted by Gasteiger charge is -2.09. The summed E-state index contributed by atoms with van der Waals surface area (Å²) in [4.78, 5) is -0.482. The Hall–Kier alpha value is -3.12. The molecule has 0 atom stereocenters. The van der Waals surface area contributed by atoms with Crippen molar-refractivity contribution in [2.75, 3.05) is 6.26 Å². The van der Waals surface area contributed by atoms with E-state index in [2.05, 4.69) is 5.10 Å². The van der Waals surface area contributed by atoms with Crippen molar-refractivity contribution >= 4 is 9.84 Å². The maximum absolute atomic E-state index is 14.2. The standard InChI is InChI=1S/C18H12F3N3O2S/c1-27(25,26)17-7-4-12(8-14(17)19)16-9-15(18(20)21)23-24(16)13-5-2-11(10-22)3-6-13/h2-9,18H,1H3. The molecular weight excluding hydrogens is 379 g/mol. The molecule has 1 aromatic heterocycles. The van der Waals surface area contributed by atoms with Crippen molar-refractivity contribution in [1.29, 1.82) is 5.26 Å². The SMILES string of the molecule is CS(=O)(=O)c1ccc(-c2cc(C(F)F)nn2-c2ccc(C#N)cc2)cc1F. The summed E-state index contributed by atoms with van der Waals surface area (Å²) in [5, 5.41) is 12.7. The van der Waals surface area contributed by atoms with Crippen molar-refractivity contribution in [2.24, 2.45) is 0 Å². The van der Waals surface area contributed by atoms with E-state index < -0.39 is 32.7 Å². The molecule has 0 fully saturated rings. The fourth-order valence-corrected chi connectivity index (χ4v) is 3.27. The number of rotatable bonds is 4. The Labute approximate surface area is 153 Å². The number of alkyl halides is 2.